The first-order chi connectivity index (χ1) is 9.08. The van der Waals surface area contributed by atoms with Crippen molar-refractivity contribution in [1.82, 2.24) is 4.90 Å². The van der Waals surface area contributed by atoms with Gasteiger partial charge in [-0.05, 0) is 54.9 Å². The summed E-state index contributed by atoms with van der Waals surface area (Å²) in [6, 6.07) is 3.39. The maximum absolute atomic E-state index is 10.8. The van der Waals surface area contributed by atoms with Crippen LogP contribution in [0.4, 0.5) is 11.4 Å². The van der Waals surface area contributed by atoms with Gasteiger partial charge in [-0.1, -0.05) is 0 Å². The van der Waals surface area contributed by atoms with Crippen LogP contribution < -0.4 is 5.32 Å². The van der Waals surface area contributed by atoms with Crippen molar-refractivity contribution in [2.45, 2.75) is 19.8 Å². The Morgan fingerprint density at radius 2 is 2.11 bits per heavy atom. The molecule has 2 rings (SSSR count). The van der Waals surface area contributed by atoms with Crippen molar-refractivity contribution in [3.05, 3.63) is 32.3 Å². The summed E-state index contributed by atoms with van der Waals surface area (Å²) in [5, 5.41) is 14.2. The summed E-state index contributed by atoms with van der Waals surface area (Å²) in [6.07, 6.45) is 2.58. The number of benzene rings is 1. The molecule has 1 saturated heterocycles. The zero-order valence-corrected chi connectivity index (χ0v) is 12.6. The van der Waals surface area contributed by atoms with E-state index < -0.39 is 0 Å². The van der Waals surface area contributed by atoms with E-state index in [0.717, 1.165) is 23.2 Å². The fraction of sp³-hybridized carbons (Fsp3) is 0.538. The second-order valence-electron chi connectivity index (χ2n) is 4.85. The van der Waals surface area contributed by atoms with Crippen LogP contribution in [0.1, 0.15) is 18.4 Å². The van der Waals surface area contributed by atoms with Gasteiger partial charge < -0.3 is 10.2 Å². The lowest BCUT2D eigenvalue weighted by molar-refractivity contribution is -0.385. The molecule has 1 fully saturated rings. The summed E-state index contributed by atoms with van der Waals surface area (Å²) in [7, 11) is 0. The fourth-order valence-corrected chi connectivity index (χ4v) is 2.83. The van der Waals surface area contributed by atoms with Crippen molar-refractivity contribution in [3.63, 3.8) is 0 Å². The van der Waals surface area contributed by atoms with Crippen LogP contribution >= 0.6 is 15.9 Å². The highest BCUT2D eigenvalue weighted by atomic mass is 79.9. The molecule has 1 aliphatic rings. The summed E-state index contributed by atoms with van der Waals surface area (Å²) in [4.78, 5) is 12.9. The van der Waals surface area contributed by atoms with E-state index in [-0.39, 0.29) is 10.6 Å². The molecule has 0 amide bonds. The molecule has 1 N–H and O–H groups in total. The van der Waals surface area contributed by atoms with Crippen molar-refractivity contribution in [3.8, 4) is 0 Å². The standard InChI is InChI=1S/C13H18BrN3O2/c1-10-8-12(11(14)9-13(10)17(18)19)15-4-7-16-5-2-3-6-16/h8-9,15H,2-7H2,1H3. The Hall–Kier alpha value is -1.14. The molecular formula is C13H18BrN3O2. The van der Waals surface area contributed by atoms with Crippen LogP contribution in [-0.4, -0.2) is 36.0 Å². The zero-order chi connectivity index (χ0) is 13.8. The smallest absolute Gasteiger partial charge is 0.273 e. The second-order valence-corrected chi connectivity index (χ2v) is 5.71. The molecule has 1 heterocycles. The summed E-state index contributed by atoms with van der Waals surface area (Å²) < 4.78 is 0.742. The maximum atomic E-state index is 10.8. The lowest BCUT2D eigenvalue weighted by Crippen LogP contribution is -2.26. The van der Waals surface area contributed by atoms with Gasteiger partial charge >= 0.3 is 0 Å². The number of nitro benzene ring substituents is 1. The van der Waals surface area contributed by atoms with Crippen molar-refractivity contribution < 1.29 is 4.92 Å². The number of rotatable bonds is 5. The van der Waals surface area contributed by atoms with Gasteiger partial charge in [-0.15, -0.1) is 0 Å². The predicted molar refractivity (Wildman–Crippen MR) is 79.7 cm³/mol. The average Bonchev–Trinajstić information content (AvgIpc) is 2.85. The van der Waals surface area contributed by atoms with Gasteiger partial charge in [-0.3, -0.25) is 10.1 Å². The highest BCUT2D eigenvalue weighted by Crippen LogP contribution is 2.30. The van der Waals surface area contributed by atoms with Crippen molar-refractivity contribution >= 4 is 27.3 Å². The number of nitrogens with one attached hydrogen (secondary N) is 1. The van der Waals surface area contributed by atoms with E-state index >= 15 is 0 Å². The fourth-order valence-electron chi connectivity index (χ4n) is 2.36. The molecule has 0 atom stereocenters. The van der Waals surface area contributed by atoms with Crippen molar-refractivity contribution in [2.75, 3.05) is 31.5 Å². The zero-order valence-electron chi connectivity index (χ0n) is 11.0. The first kappa shape index (κ1) is 14.3. The van der Waals surface area contributed by atoms with E-state index in [1.165, 1.54) is 25.9 Å². The van der Waals surface area contributed by atoms with E-state index in [2.05, 4.69) is 26.1 Å². The third-order valence-corrected chi connectivity index (χ3v) is 4.08. The van der Waals surface area contributed by atoms with Gasteiger partial charge in [0.1, 0.15) is 0 Å². The monoisotopic (exact) mass is 327 g/mol. The van der Waals surface area contributed by atoms with Gasteiger partial charge in [0.25, 0.3) is 5.69 Å². The molecule has 0 unspecified atom stereocenters. The van der Waals surface area contributed by atoms with Crippen molar-refractivity contribution in [2.24, 2.45) is 0 Å². The quantitative estimate of drug-likeness (QED) is 0.666. The van der Waals surface area contributed by atoms with Crippen LogP contribution in [0, 0.1) is 17.0 Å². The summed E-state index contributed by atoms with van der Waals surface area (Å²) >= 11 is 3.38. The van der Waals surface area contributed by atoms with E-state index in [1.54, 1.807) is 13.0 Å². The van der Waals surface area contributed by atoms with E-state index in [1.807, 2.05) is 6.07 Å². The minimum atomic E-state index is -0.353. The molecule has 0 saturated carbocycles. The van der Waals surface area contributed by atoms with Gasteiger partial charge in [-0.2, -0.15) is 0 Å². The van der Waals surface area contributed by atoms with Gasteiger partial charge in [0, 0.05) is 34.9 Å². The van der Waals surface area contributed by atoms with E-state index in [4.69, 9.17) is 0 Å². The number of nitro groups is 1. The summed E-state index contributed by atoms with van der Waals surface area (Å²) in [5.74, 6) is 0. The second kappa shape index (κ2) is 6.34. The van der Waals surface area contributed by atoms with E-state index in [0.29, 0.717) is 5.56 Å². The Morgan fingerprint density at radius 3 is 2.74 bits per heavy atom. The molecule has 19 heavy (non-hydrogen) atoms. The number of halogens is 1. The van der Waals surface area contributed by atoms with E-state index in [9.17, 15) is 10.1 Å². The minimum Gasteiger partial charge on any atom is -0.383 e. The topological polar surface area (TPSA) is 58.4 Å². The van der Waals surface area contributed by atoms with Gasteiger partial charge in [0.2, 0.25) is 0 Å². The van der Waals surface area contributed by atoms with Crippen molar-refractivity contribution in [1.29, 1.82) is 0 Å². The largest absolute Gasteiger partial charge is 0.383 e. The lowest BCUT2D eigenvalue weighted by Gasteiger charge is -2.16. The minimum absolute atomic E-state index is 0.150. The first-order valence-electron chi connectivity index (χ1n) is 6.48. The molecule has 0 bridgehead atoms. The molecule has 104 valence electrons. The highest BCUT2D eigenvalue weighted by Gasteiger charge is 2.14. The average molecular weight is 328 g/mol. The molecule has 0 aromatic heterocycles. The number of anilines is 1. The van der Waals surface area contributed by atoms with Gasteiger partial charge in [-0.25, -0.2) is 0 Å². The third kappa shape index (κ3) is 3.67. The first-order valence-corrected chi connectivity index (χ1v) is 7.28. The number of aryl methyl sites for hydroxylation is 1. The summed E-state index contributed by atoms with van der Waals surface area (Å²) in [5.41, 5.74) is 1.75. The van der Waals surface area contributed by atoms with Crippen LogP contribution in [0.25, 0.3) is 0 Å². The molecule has 0 spiro atoms. The Morgan fingerprint density at radius 1 is 1.42 bits per heavy atom. The SMILES string of the molecule is Cc1cc(NCCN2CCCC2)c(Br)cc1[N+](=O)[O-]. The molecule has 0 aliphatic carbocycles. The van der Waals surface area contributed by atoms with Crippen LogP contribution in [-0.2, 0) is 0 Å². The Balaban J connectivity index is 1.96. The van der Waals surface area contributed by atoms with Gasteiger partial charge in [0.15, 0.2) is 0 Å². The molecule has 1 aromatic rings. The number of likely N-dealkylation sites (tertiary alicyclic amines) is 1. The Bertz CT molecular complexity index is 473. The molecule has 0 radical (unpaired) electrons. The normalized spacial score (nSPS) is 15.7. The number of hydrogen-bond acceptors (Lipinski definition) is 4. The Labute approximate surface area is 121 Å². The molecular weight excluding hydrogens is 310 g/mol. The number of hydrogen-bond donors (Lipinski definition) is 1. The highest BCUT2D eigenvalue weighted by molar-refractivity contribution is 9.10. The van der Waals surface area contributed by atoms with Crippen LogP contribution in [0.5, 0.6) is 0 Å². The molecule has 1 aliphatic heterocycles. The predicted octanol–water partition coefficient (Wildman–Crippen LogP) is 3.17. The molecule has 1 aromatic carbocycles. The van der Waals surface area contributed by atoms with Crippen LogP contribution in [0.3, 0.4) is 0 Å². The molecule has 6 heteroatoms. The molecule has 5 nitrogen and oxygen atoms in total. The van der Waals surface area contributed by atoms with Crippen LogP contribution in [0.15, 0.2) is 16.6 Å². The Kier molecular flexibility index (Phi) is 4.76. The summed E-state index contributed by atoms with van der Waals surface area (Å²) in [6.45, 7) is 6.00. The lowest BCUT2D eigenvalue weighted by atomic mass is 10.2. The third-order valence-electron chi connectivity index (χ3n) is 3.42. The van der Waals surface area contributed by atoms with Crippen LogP contribution in [0.2, 0.25) is 0 Å². The number of nitrogens with zero attached hydrogens (tertiary/aromatic N) is 2. The van der Waals surface area contributed by atoms with Gasteiger partial charge in [0.05, 0.1) is 4.92 Å². The maximum Gasteiger partial charge on any atom is 0.273 e.